The van der Waals surface area contributed by atoms with E-state index in [1.807, 2.05) is 48.5 Å². The Balaban J connectivity index is 1.40. The number of aliphatic carboxylic acids is 1. The van der Waals surface area contributed by atoms with Gasteiger partial charge in [-0.15, -0.1) is 0 Å². The highest BCUT2D eigenvalue weighted by molar-refractivity contribution is 5.89. The number of halogens is 3. The van der Waals surface area contributed by atoms with Crippen molar-refractivity contribution in [3.05, 3.63) is 59.7 Å². The molecule has 0 radical (unpaired) electrons. The first kappa shape index (κ1) is 27.8. The van der Waals surface area contributed by atoms with Crippen LogP contribution in [0.5, 0.6) is 0 Å². The monoisotopic (exact) mass is 560 g/mol. The van der Waals surface area contributed by atoms with Crippen molar-refractivity contribution >= 4 is 18.2 Å². The summed E-state index contributed by atoms with van der Waals surface area (Å²) in [6.45, 7) is 2.81. The van der Waals surface area contributed by atoms with Crippen molar-refractivity contribution < 1.29 is 42.1 Å². The number of hydrogen-bond donors (Lipinski definition) is 1. The third kappa shape index (κ3) is 4.75. The average molecular weight is 561 g/mol. The zero-order valence-corrected chi connectivity index (χ0v) is 22.5. The molecule has 2 aliphatic carbocycles. The molecular formula is C29H31F3N2O6. The van der Waals surface area contributed by atoms with Gasteiger partial charge in [-0.1, -0.05) is 48.5 Å². The zero-order valence-electron chi connectivity index (χ0n) is 22.5. The summed E-state index contributed by atoms with van der Waals surface area (Å²) in [5, 5.41) is 10.2. The van der Waals surface area contributed by atoms with Gasteiger partial charge in [-0.25, -0.2) is 14.4 Å². The number of ether oxygens (including phenoxy) is 2. The molecule has 5 rings (SSSR count). The van der Waals surface area contributed by atoms with Crippen LogP contribution in [0.2, 0.25) is 0 Å². The van der Waals surface area contributed by atoms with E-state index in [4.69, 9.17) is 9.47 Å². The summed E-state index contributed by atoms with van der Waals surface area (Å²) in [5.74, 6) is -1.88. The first-order valence-electron chi connectivity index (χ1n) is 13.1. The molecule has 8 nitrogen and oxygen atoms in total. The Morgan fingerprint density at radius 3 is 1.95 bits per heavy atom. The number of nitrogens with zero attached hydrogens (tertiary/aromatic N) is 2. The molecule has 40 heavy (non-hydrogen) atoms. The first-order chi connectivity index (χ1) is 18.7. The van der Waals surface area contributed by atoms with Gasteiger partial charge in [0.25, 0.3) is 0 Å². The second kappa shape index (κ2) is 9.42. The molecular weight excluding hydrogens is 529 g/mol. The normalized spacial score (nSPS) is 18.7. The Hall–Kier alpha value is -3.76. The molecule has 1 aliphatic heterocycles. The van der Waals surface area contributed by atoms with E-state index >= 15 is 0 Å². The van der Waals surface area contributed by atoms with Gasteiger partial charge in [-0.05, 0) is 55.9 Å². The van der Waals surface area contributed by atoms with Crippen molar-refractivity contribution in [2.45, 2.75) is 56.8 Å². The van der Waals surface area contributed by atoms with E-state index in [0.717, 1.165) is 27.2 Å². The van der Waals surface area contributed by atoms with E-state index < -0.39 is 60.5 Å². The summed E-state index contributed by atoms with van der Waals surface area (Å²) in [6.07, 6.45) is -7.06. The average Bonchev–Trinajstić information content (AvgIpc) is 3.57. The van der Waals surface area contributed by atoms with Gasteiger partial charge < -0.3 is 19.5 Å². The number of fused-ring (bicyclic) bond motifs is 3. The molecule has 1 heterocycles. The summed E-state index contributed by atoms with van der Waals surface area (Å²) >= 11 is 0. The second-order valence-corrected chi connectivity index (χ2v) is 11.8. The Morgan fingerprint density at radius 1 is 0.975 bits per heavy atom. The van der Waals surface area contributed by atoms with Crippen molar-refractivity contribution in [3.8, 4) is 11.1 Å². The van der Waals surface area contributed by atoms with Gasteiger partial charge in [-0.3, -0.25) is 4.90 Å². The minimum atomic E-state index is -4.64. The standard InChI is InChI=1S/C29H31F3N2O6/c1-26(2,3)40-24(37)33-16-28(17-33,23(35)36)34(15-27(12-13-27)29(30,31)32)25(38)39-14-22-20-10-6-4-8-18(20)19-9-5-7-11-21(19)22/h4-11,22H,12-17H2,1-3H3,(H,35,36). The summed E-state index contributed by atoms with van der Waals surface area (Å²) in [6, 6.07) is 15.2. The molecule has 2 aromatic carbocycles. The zero-order chi connectivity index (χ0) is 29.1. The first-order valence-corrected chi connectivity index (χ1v) is 13.1. The number of likely N-dealkylation sites (tertiary alicyclic amines) is 1. The lowest BCUT2D eigenvalue weighted by Gasteiger charge is -2.52. The number of carboxylic acids is 1. The molecule has 2 fully saturated rings. The summed E-state index contributed by atoms with van der Waals surface area (Å²) < 4.78 is 52.8. The summed E-state index contributed by atoms with van der Waals surface area (Å²) in [5.41, 5.74) is -1.40. The van der Waals surface area contributed by atoms with Crippen LogP contribution in [0.25, 0.3) is 11.1 Å². The number of alkyl halides is 3. The SMILES string of the molecule is CC(C)(C)OC(=O)N1CC(C(=O)O)(N(CC2(C(F)(F)F)CC2)C(=O)OCC2c3ccccc3-c3ccccc32)C1. The van der Waals surface area contributed by atoms with Crippen molar-refractivity contribution in [2.24, 2.45) is 5.41 Å². The maximum absolute atomic E-state index is 14.0. The van der Waals surface area contributed by atoms with Gasteiger partial charge in [0.05, 0.1) is 18.5 Å². The van der Waals surface area contributed by atoms with Crippen molar-refractivity contribution in [1.29, 1.82) is 0 Å². The maximum atomic E-state index is 14.0. The molecule has 3 aliphatic rings. The van der Waals surface area contributed by atoms with Gasteiger partial charge >= 0.3 is 24.3 Å². The number of carboxylic acid groups (broad SMARTS) is 1. The highest BCUT2D eigenvalue weighted by atomic mass is 19.4. The number of carbonyl (C=O) groups is 3. The van der Waals surface area contributed by atoms with Gasteiger partial charge in [0.15, 0.2) is 5.54 Å². The smallest absolute Gasteiger partial charge is 0.410 e. The van der Waals surface area contributed by atoms with E-state index in [2.05, 4.69) is 0 Å². The van der Waals surface area contributed by atoms with Crippen LogP contribution < -0.4 is 0 Å². The van der Waals surface area contributed by atoms with Crippen LogP contribution in [-0.4, -0.2) is 76.6 Å². The number of benzene rings is 2. The van der Waals surface area contributed by atoms with Crippen LogP contribution in [0.1, 0.15) is 50.7 Å². The fourth-order valence-corrected chi connectivity index (χ4v) is 5.51. The molecule has 0 aromatic heterocycles. The predicted octanol–water partition coefficient (Wildman–Crippen LogP) is 5.65. The third-order valence-electron chi connectivity index (χ3n) is 7.94. The van der Waals surface area contributed by atoms with Crippen LogP contribution in [0.3, 0.4) is 0 Å². The van der Waals surface area contributed by atoms with Gasteiger partial charge in [0, 0.05) is 12.5 Å². The fourth-order valence-electron chi connectivity index (χ4n) is 5.51. The minimum Gasteiger partial charge on any atom is -0.479 e. The molecule has 214 valence electrons. The predicted molar refractivity (Wildman–Crippen MR) is 138 cm³/mol. The van der Waals surface area contributed by atoms with E-state index in [-0.39, 0.29) is 25.4 Å². The number of hydrogen-bond acceptors (Lipinski definition) is 5. The topological polar surface area (TPSA) is 96.4 Å². The Bertz CT molecular complexity index is 1300. The van der Waals surface area contributed by atoms with Crippen LogP contribution in [0.4, 0.5) is 22.8 Å². The lowest BCUT2D eigenvalue weighted by molar-refractivity contribution is -0.200. The molecule has 1 N–H and O–H groups in total. The van der Waals surface area contributed by atoms with Gasteiger partial charge in [0.1, 0.15) is 12.2 Å². The van der Waals surface area contributed by atoms with E-state index in [9.17, 15) is 32.7 Å². The van der Waals surface area contributed by atoms with Gasteiger partial charge in [0.2, 0.25) is 0 Å². The number of rotatable bonds is 6. The molecule has 1 saturated carbocycles. The quantitative estimate of drug-likeness (QED) is 0.490. The molecule has 2 amide bonds. The highest BCUT2D eigenvalue weighted by Gasteiger charge is 2.68. The van der Waals surface area contributed by atoms with E-state index in [1.54, 1.807) is 20.8 Å². The van der Waals surface area contributed by atoms with Crippen LogP contribution >= 0.6 is 0 Å². The number of amides is 2. The number of carbonyl (C=O) groups excluding carboxylic acids is 2. The lowest BCUT2D eigenvalue weighted by Crippen LogP contribution is -2.76. The fraction of sp³-hybridized carbons (Fsp3) is 0.483. The molecule has 1 saturated heterocycles. The Morgan fingerprint density at radius 2 is 1.50 bits per heavy atom. The largest absolute Gasteiger partial charge is 0.479 e. The Labute approximate surface area is 229 Å². The minimum absolute atomic E-state index is 0.187. The second-order valence-electron chi connectivity index (χ2n) is 11.8. The Kier molecular flexibility index (Phi) is 6.54. The van der Waals surface area contributed by atoms with Crippen molar-refractivity contribution in [3.63, 3.8) is 0 Å². The van der Waals surface area contributed by atoms with Gasteiger partial charge in [-0.2, -0.15) is 13.2 Å². The summed E-state index contributed by atoms with van der Waals surface area (Å²) in [7, 11) is 0. The third-order valence-corrected chi connectivity index (χ3v) is 7.94. The molecule has 11 heteroatoms. The molecule has 0 unspecified atom stereocenters. The van der Waals surface area contributed by atoms with E-state index in [0.29, 0.717) is 4.90 Å². The van der Waals surface area contributed by atoms with Crippen molar-refractivity contribution in [1.82, 2.24) is 9.80 Å². The maximum Gasteiger partial charge on any atom is 0.410 e. The molecule has 2 aromatic rings. The highest BCUT2D eigenvalue weighted by Crippen LogP contribution is 2.58. The molecule has 0 spiro atoms. The van der Waals surface area contributed by atoms with Crippen LogP contribution in [0, 0.1) is 5.41 Å². The lowest BCUT2D eigenvalue weighted by atomic mass is 9.86. The van der Waals surface area contributed by atoms with Crippen molar-refractivity contribution in [2.75, 3.05) is 26.2 Å². The summed E-state index contributed by atoms with van der Waals surface area (Å²) in [4.78, 5) is 40.3. The molecule has 0 atom stereocenters. The van der Waals surface area contributed by atoms with E-state index in [1.165, 1.54) is 0 Å². The van der Waals surface area contributed by atoms with Crippen LogP contribution in [0.15, 0.2) is 48.5 Å². The molecule has 0 bridgehead atoms. The van der Waals surface area contributed by atoms with Crippen LogP contribution in [-0.2, 0) is 14.3 Å².